The second-order valence-corrected chi connectivity index (χ2v) is 6.62. The summed E-state index contributed by atoms with van der Waals surface area (Å²) in [6.45, 7) is 8.03. The first-order chi connectivity index (χ1) is 9.64. The molecular weight excluding hydrogens is 246 g/mol. The highest BCUT2D eigenvalue weighted by atomic mass is 15.3. The number of nitrogens with one attached hydrogen (secondary N) is 1. The molecule has 2 heterocycles. The molecule has 0 aromatic heterocycles. The molecule has 1 aromatic carbocycles. The number of benzene rings is 1. The van der Waals surface area contributed by atoms with Crippen LogP contribution in [0.5, 0.6) is 0 Å². The lowest BCUT2D eigenvalue weighted by Gasteiger charge is -2.40. The van der Waals surface area contributed by atoms with Crippen molar-refractivity contribution in [2.75, 3.05) is 19.6 Å². The van der Waals surface area contributed by atoms with Gasteiger partial charge in [-0.3, -0.25) is 4.90 Å². The van der Waals surface area contributed by atoms with Crippen molar-refractivity contribution in [2.24, 2.45) is 11.8 Å². The summed E-state index contributed by atoms with van der Waals surface area (Å²) in [5.74, 6) is 1.43. The van der Waals surface area contributed by atoms with Crippen LogP contribution in [0.25, 0.3) is 0 Å². The molecule has 20 heavy (non-hydrogen) atoms. The molecule has 3 atom stereocenters. The highest BCUT2D eigenvalue weighted by molar-refractivity contribution is 5.22. The van der Waals surface area contributed by atoms with E-state index in [1.165, 1.54) is 5.56 Å². The van der Waals surface area contributed by atoms with Crippen molar-refractivity contribution >= 4 is 0 Å². The molecule has 2 saturated heterocycles. The summed E-state index contributed by atoms with van der Waals surface area (Å²) in [6.07, 6.45) is 0.570. The second kappa shape index (κ2) is 5.20. The Morgan fingerprint density at radius 1 is 1.35 bits per heavy atom. The van der Waals surface area contributed by atoms with Crippen LogP contribution in [0.1, 0.15) is 31.9 Å². The van der Waals surface area contributed by atoms with E-state index in [-0.39, 0.29) is 11.6 Å². The number of nitriles is 1. The van der Waals surface area contributed by atoms with Crippen LogP contribution in [-0.4, -0.2) is 30.1 Å². The lowest BCUT2D eigenvalue weighted by molar-refractivity contribution is 0.0901. The van der Waals surface area contributed by atoms with Crippen LogP contribution in [-0.2, 0) is 0 Å². The van der Waals surface area contributed by atoms with Crippen molar-refractivity contribution in [3.05, 3.63) is 35.9 Å². The molecule has 0 saturated carbocycles. The molecule has 0 bridgehead atoms. The third-order valence-electron chi connectivity index (χ3n) is 5.26. The van der Waals surface area contributed by atoms with Crippen molar-refractivity contribution in [1.82, 2.24) is 10.2 Å². The number of fused-ring (bicyclic) bond motifs is 1. The highest BCUT2D eigenvalue weighted by Crippen LogP contribution is 2.45. The second-order valence-electron chi connectivity index (χ2n) is 6.62. The molecule has 0 spiro atoms. The van der Waals surface area contributed by atoms with E-state index in [0.717, 1.165) is 25.6 Å². The lowest BCUT2D eigenvalue weighted by Crippen LogP contribution is -2.46. The fraction of sp³-hybridized carbons (Fsp3) is 0.588. The highest BCUT2D eigenvalue weighted by Gasteiger charge is 2.51. The van der Waals surface area contributed by atoms with Crippen molar-refractivity contribution in [1.29, 1.82) is 5.26 Å². The topological polar surface area (TPSA) is 39.1 Å². The molecule has 1 N–H and O–H groups in total. The molecule has 0 amide bonds. The summed E-state index contributed by atoms with van der Waals surface area (Å²) in [6, 6.07) is 13.1. The SMILES string of the molecule is CC1(C)C2CNCC2CN1C(CC#N)c1ccccc1. The molecule has 0 radical (unpaired) electrons. The smallest absolute Gasteiger partial charge is 0.0641 e. The van der Waals surface area contributed by atoms with E-state index in [2.05, 4.69) is 54.4 Å². The van der Waals surface area contributed by atoms with Crippen LogP contribution in [0, 0.1) is 23.2 Å². The third-order valence-corrected chi connectivity index (χ3v) is 5.26. The maximum absolute atomic E-state index is 9.24. The molecule has 3 nitrogen and oxygen atoms in total. The first kappa shape index (κ1) is 13.6. The average molecular weight is 269 g/mol. The molecule has 1 aromatic rings. The Balaban J connectivity index is 1.91. The zero-order valence-corrected chi connectivity index (χ0v) is 12.3. The van der Waals surface area contributed by atoms with Crippen molar-refractivity contribution < 1.29 is 0 Å². The van der Waals surface area contributed by atoms with Gasteiger partial charge in [0.15, 0.2) is 0 Å². The van der Waals surface area contributed by atoms with E-state index in [1.807, 2.05) is 6.07 Å². The van der Waals surface area contributed by atoms with Gasteiger partial charge >= 0.3 is 0 Å². The van der Waals surface area contributed by atoms with Crippen LogP contribution >= 0.6 is 0 Å². The predicted molar refractivity (Wildman–Crippen MR) is 80.0 cm³/mol. The van der Waals surface area contributed by atoms with Gasteiger partial charge in [0.1, 0.15) is 0 Å². The minimum atomic E-state index is 0.158. The van der Waals surface area contributed by atoms with Gasteiger partial charge in [-0.15, -0.1) is 0 Å². The zero-order chi connectivity index (χ0) is 14.2. The van der Waals surface area contributed by atoms with Gasteiger partial charge in [-0.2, -0.15) is 5.26 Å². The standard InChI is InChI=1S/C17H23N3/c1-17(2)15-11-19-10-14(15)12-20(17)16(8-9-18)13-6-4-3-5-7-13/h3-7,14-16,19H,8,10-12H2,1-2H3. The van der Waals surface area contributed by atoms with Gasteiger partial charge in [0, 0.05) is 24.7 Å². The Labute approximate surface area is 121 Å². The summed E-state index contributed by atoms with van der Waals surface area (Å²) in [5.41, 5.74) is 1.43. The molecule has 3 unspecified atom stereocenters. The summed E-state index contributed by atoms with van der Waals surface area (Å²) in [5, 5.41) is 12.8. The minimum absolute atomic E-state index is 0.158. The van der Waals surface area contributed by atoms with Gasteiger partial charge in [-0.1, -0.05) is 30.3 Å². The number of nitrogens with zero attached hydrogens (tertiary/aromatic N) is 2. The van der Waals surface area contributed by atoms with Gasteiger partial charge in [0.05, 0.1) is 12.5 Å². The Morgan fingerprint density at radius 2 is 2.10 bits per heavy atom. The maximum Gasteiger partial charge on any atom is 0.0641 e. The number of hydrogen-bond acceptors (Lipinski definition) is 3. The Morgan fingerprint density at radius 3 is 2.75 bits per heavy atom. The van der Waals surface area contributed by atoms with Gasteiger partial charge in [-0.25, -0.2) is 0 Å². The molecule has 2 aliphatic heterocycles. The molecular formula is C17H23N3. The van der Waals surface area contributed by atoms with Gasteiger partial charge in [-0.05, 0) is 37.8 Å². The average Bonchev–Trinajstić information content (AvgIpc) is 3.00. The summed E-state index contributed by atoms with van der Waals surface area (Å²) < 4.78 is 0. The van der Waals surface area contributed by atoms with Gasteiger partial charge < -0.3 is 5.32 Å². The van der Waals surface area contributed by atoms with Crippen LogP contribution in [0.2, 0.25) is 0 Å². The monoisotopic (exact) mass is 269 g/mol. The number of rotatable bonds is 3. The van der Waals surface area contributed by atoms with Crippen LogP contribution in [0.3, 0.4) is 0 Å². The van der Waals surface area contributed by atoms with E-state index in [4.69, 9.17) is 0 Å². The normalized spacial score (nSPS) is 29.9. The van der Waals surface area contributed by atoms with Gasteiger partial charge in [0.2, 0.25) is 0 Å². The fourth-order valence-electron chi connectivity index (χ4n) is 4.15. The quantitative estimate of drug-likeness (QED) is 0.916. The van der Waals surface area contributed by atoms with Crippen molar-refractivity contribution in [3.63, 3.8) is 0 Å². The van der Waals surface area contributed by atoms with Crippen LogP contribution in [0.15, 0.2) is 30.3 Å². The van der Waals surface area contributed by atoms with E-state index >= 15 is 0 Å². The molecule has 106 valence electrons. The number of hydrogen-bond donors (Lipinski definition) is 1. The van der Waals surface area contributed by atoms with E-state index in [0.29, 0.717) is 12.3 Å². The molecule has 0 aliphatic carbocycles. The zero-order valence-electron chi connectivity index (χ0n) is 12.3. The molecule has 2 fully saturated rings. The third kappa shape index (κ3) is 2.13. The lowest BCUT2D eigenvalue weighted by atomic mass is 9.84. The molecule has 3 rings (SSSR count). The maximum atomic E-state index is 9.24. The molecule has 3 heteroatoms. The Hall–Kier alpha value is -1.37. The van der Waals surface area contributed by atoms with Crippen LogP contribution in [0.4, 0.5) is 0 Å². The first-order valence-corrected chi connectivity index (χ1v) is 7.54. The Bertz CT molecular complexity index is 503. The van der Waals surface area contributed by atoms with E-state index in [1.54, 1.807) is 0 Å². The fourth-order valence-corrected chi connectivity index (χ4v) is 4.15. The number of likely N-dealkylation sites (tertiary alicyclic amines) is 1. The van der Waals surface area contributed by atoms with Crippen molar-refractivity contribution in [3.8, 4) is 6.07 Å². The minimum Gasteiger partial charge on any atom is -0.316 e. The van der Waals surface area contributed by atoms with Crippen molar-refractivity contribution in [2.45, 2.75) is 31.8 Å². The van der Waals surface area contributed by atoms with E-state index < -0.39 is 0 Å². The Kier molecular flexibility index (Phi) is 3.54. The summed E-state index contributed by atoms with van der Waals surface area (Å²) >= 11 is 0. The predicted octanol–water partition coefficient (Wildman–Crippen LogP) is 2.57. The summed E-state index contributed by atoms with van der Waals surface area (Å²) in [4.78, 5) is 2.57. The van der Waals surface area contributed by atoms with Gasteiger partial charge in [0.25, 0.3) is 0 Å². The van der Waals surface area contributed by atoms with E-state index in [9.17, 15) is 5.26 Å². The molecule has 2 aliphatic rings. The largest absolute Gasteiger partial charge is 0.316 e. The van der Waals surface area contributed by atoms with Crippen LogP contribution < -0.4 is 5.32 Å². The first-order valence-electron chi connectivity index (χ1n) is 7.54. The summed E-state index contributed by atoms with van der Waals surface area (Å²) in [7, 11) is 0.